The lowest BCUT2D eigenvalue weighted by molar-refractivity contribution is 1.33. The first kappa shape index (κ1) is 12.0. The van der Waals surface area contributed by atoms with Crippen molar-refractivity contribution in [1.29, 1.82) is 0 Å². The number of hydrogen-bond acceptors (Lipinski definition) is 1. The normalized spacial score (nSPS) is 10.5. The van der Waals surface area contributed by atoms with Gasteiger partial charge in [0.2, 0.25) is 0 Å². The van der Waals surface area contributed by atoms with E-state index in [1.54, 1.807) is 30.5 Å². The molecule has 0 aliphatic carbocycles. The summed E-state index contributed by atoms with van der Waals surface area (Å²) in [4.78, 5) is 4.16. The summed E-state index contributed by atoms with van der Waals surface area (Å²) in [6, 6.07) is 6.68. The molecule has 0 radical (unpaired) electrons. The molecule has 0 unspecified atom stereocenters. The van der Waals surface area contributed by atoms with Gasteiger partial charge in [0.05, 0.1) is 20.8 Å². The summed E-state index contributed by atoms with van der Waals surface area (Å²) in [7, 11) is 0. The Morgan fingerprint density at radius 1 is 0.875 bits per heavy atom. The van der Waals surface area contributed by atoms with Crippen molar-refractivity contribution in [1.82, 2.24) is 4.98 Å². The van der Waals surface area contributed by atoms with E-state index in [9.17, 15) is 0 Å². The van der Waals surface area contributed by atoms with Crippen LogP contribution >= 0.6 is 46.4 Å². The van der Waals surface area contributed by atoms with E-state index in [2.05, 4.69) is 4.98 Å². The molecule has 0 fully saturated rings. The van der Waals surface area contributed by atoms with Crippen molar-refractivity contribution < 1.29 is 0 Å². The van der Waals surface area contributed by atoms with Crippen molar-refractivity contribution in [3.05, 3.63) is 50.6 Å². The van der Waals surface area contributed by atoms with E-state index in [0.29, 0.717) is 31.3 Å². The first-order chi connectivity index (χ1) is 7.59. The van der Waals surface area contributed by atoms with Crippen LogP contribution in [0.25, 0.3) is 11.3 Å². The van der Waals surface area contributed by atoms with Crippen LogP contribution < -0.4 is 0 Å². The summed E-state index contributed by atoms with van der Waals surface area (Å²) in [5.41, 5.74) is 1.20. The summed E-state index contributed by atoms with van der Waals surface area (Å²) in [6.45, 7) is 0. The third kappa shape index (κ3) is 2.28. The van der Waals surface area contributed by atoms with Gasteiger partial charge < -0.3 is 0 Å². The first-order valence-corrected chi connectivity index (χ1v) is 5.86. The highest BCUT2D eigenvalue weighted by molar-refractivity contribution is 6.46. The minimum absolute atomic E-state index is 0.379. The molecule has 0 amide bonds. The molecule has 1 nitrogen and oxygen atoms in total. The van der Waals surface area contributed by atoms with Gasteiger partial charge in [-0.3, -0.25) is 4.98 Å². The fraction of sp³-hybridized carbons (Fsp3) is 0. The number of hydrogen-bond donors (Lipinski definition) is 0. The zero-order chi connectivity index (χ0) is 11.7. The number of aromatic nitrogens is 1. The highest BCUT2D eigenvalue weighted by atomic mass is 35.5. The maximum Gasteiger partial charge on any atom is 0.0747 e. The van der Waals surface area contributed by atoms with Crippen LogP contribution in [-0.2, 0) is 0 Å². The van der Waals surface area contributed by atoms with Gasteiger partial charge in [-0.15, -0.1) is 0 Å². The fourth-order valence-electron chi connectivity index (χ4n) is 1.30. The molecule has 2 aromatic rings. The Morgan fingerprint density at radius 2 is 1.56 bits per heavy atom. The maximum atomic E-state index is 6.09. The molecule has 1 heterocycles. The third-order valence-electron chi connectivity index (χ3n) is 2.02. The lowest BCUT2D eigenvalue weighted by Gasteiger charge is -2.07. The van der Waals surface area contributed by atoms with Crippen LogP contribution in [0.3, 0.4) is 0 Å². The SMILES string of the molecule is Clc1ccnc(-c2c(Cl)ccc(Cl)c2Cl)c1. The summed E-state index contributed by atoms with van der Waals surface area (Å²) in [5.74, 6) is 0. The summed E-state index contributed by atoms with van der Waals surface area (Å²) >= 11 is 24.0. The van der Waals surface area contributed by atoms with Crippen molar-refractivity contribution >= 4 is 46.4 Å². The van der Waals surface area contributed by atoms with Gasteiger partial charge in [0.1, 0.15) is 0 Å². The zero-order valence-corrected chi connectivity index (χ0v) is 10.9. The van der Waals surface area contributed by atoms with E-state index < -0.39 is 0 Å². The van der Waals surface area contributed by atoms with Crippen molar-refractivity contribution in [2.45, 2.75) is 0 Å². The fourth-order valence-corrected chi connectivity index (χ4v) is 2.18. The molecule has 0 N–H and O–H groups in total. The smallest absolute Gasteiger partial charge is 0.0747 e. The van der Waals surface area contributed by atoms with Gasteiger partial charge in [-0.2, -0.15) is 0 Å². The Kier molecular flexibility index (Phi) is 3.60. The zero-order valence-electron chi connectivity index (χ0n) is 7.85. The van der Waals surface area contributed by atoms with Crippen molar-refractivity contribution in [3.8, 4) is 11.3 Å². The Labute approximate surface area is 113 Å². The number of pyridine rings is 1. The van der Waals surface area contributed by atoms with E-state index in [0.717, 1.165) is 0 Å². The van der Waals surface area contributed by atoms with Gasteiger partial charge >= 0.3 is 0 Å². The molecule has 82 valence electrons. The lowest BCUT2D eigenvalue weighted by Crippen LogP contribution is -1.86. The first-order valence-electron chi connectivity index (χ1n) is 4.35. The highest BCUT2D eigenvalue weighted by Gasteiger charge is 2.12. The maximum absolute atomic E-state index is 6.09. The minimum atomic E-state index is 0.379. The molecule has 1 aromatic heterocycles. The number of rotatable bonds is 1. The summed E-state index contributed by atoms with van der Waals surface area (Å²) in [6.07, 6.45) is 1.59. The van der Waals surface area contributed by atoms with Crippen LogP contribution in [0.4, 0.5) is 0 Å². The van der Waals surface area contributed by atoms with Gasteiger partial charge in [0.25, 0.3) is 0 Å². The molecular formula is C11H5Cl4N. The average Bonchev–Trinajstić information content (AvgIpc) is 2.24. The average molecular weight is 293 g/mol. The van der Waals surface area contributed by atoms with E-state index in [4.69, 9.17) is 46.4 Å². The monoisotopic (exact) mass is 291 g/mol. The quantitative estimate of drug-likeness (QED) is 0.645. The van der Waals surface area contributed by atoms with Crippen molar-refractivity contribution in [2.24, 2.45) is 0 Å². The van der Waals surface area contributed by atoms with Crippen LogP contribution in [0.1, 0.15) is 0 Å². The number of benzene rings is 1. The van der Waals surface area contributed by atoms with E-state index in [1.807, 2.05) is 0 Å². The van der Waals surface area contributed by atoms with Crippen LogP contribution in [0.2, 0.25) is 20.1 Å². The Bertz CT molecular complexity index is 540. The molecule has 0 saturated carbocycles. The predicted octanol–water partition coefficient (Wildman–Crippen LogP) is 5.36. The lowest BCUT2D eigenvalue weighted by atomic mass is 10.1. The topological polar surface area (TPSA) is 12.9 Å². The molecular weight excluding hydrogens is 288 g/mol. The van der Waals surface area contributed by atoms with Crippen LogP contribution in [0.15, 0.2) is 30.5 Å². The largest absolute Gasteiger partial charge is 0.256 e. The molecule has 1 aromatic carbocycles. The van der Waals surface area contributed by atoms with Crippen LogP contribution in [-0.4, -0.2) is 4.98 Å². The van der Waals surface area contributed by atoms with Crippen LogP contribution in [0, 0.1) is 0 Å². The Morgan fingerprint density at radius 3 is 2.25 bits per heavy atom. The van der Waals surface area contributed by atoms with Gasteiger partial charge in [0.15, 0.2) is 0 Å². The second kappa shape index (κ2) is 4.80. The summed E-state index contributed by atoms with van der Waals surface area (Å²) in [5, 5.41) is 1.87. The van der Waals surface area contributed by atoms with Crippen LogP contribution in [0.5, 0.6) is 0 Å². The Balaban J connectivity index is 2.68. The summed E-state index contributed by atoms with van der Waals surface area (Å²) < 4.78 is 0. The second-order valence-corrected chi connectivity index (χ2v) is 4.71. The van der Waals surface area contributed by atoms with Crippen molar-refractivity contribution in [2.75, 3.05) is 0 Å². The van der Waals surface area contributed by atoms with Gasteiger partial charge in [-0.1, -0.05) is 46.4 Å². The number of nitrogens with zero attached hydrogens (tertiary/aromatic N) is 1. The highest BCUT2D eigenvalue weighted by Crippen LogP contribution is 2.38. The van der Waals surface area contributed by atoms with E-state index in [1.165, 1.54) is 0 Å². The third-order valence-corrected chi connectivity index (χ3v) is 3.38. The molecule has 0 aliphatic rings. The number of halogens is 4. The molecule has 5 heteroatoms. The van der Waals surface area contributed by atoms with Gasteiger partial charge in [0, 0.05) is 16.8 Å². The molecule has 16 heavy (non-hydrogen) atoms. The molecule has 0 aliphatic heterocycles. The standard InChI is InChI=1S/C11H5Cl4N/c12-6-3-4-16-9(5-6)10-7(13)1-2-8(14)11(10)15/h1-5H. The van der Waals surface area contributed by atoms with Gasteiger partial charge in [-0.25, -0.2) is 0 Å². The molecule has 0 spiro atoms. The molecule has 0 atom stereocenters. The van der Waals surface area contributed by atoms with Crippen molar-refractivity contribution in [3.63, 3.8) is 0 Å². The second-order valence-electron chi connectivity index (χ2n) is 3.08. The van der Waals surface area contributed by atoms with E-state index >= 15 is 0 Å². The predicted molar refractivity (Wildman–Crippen MR) is 69.7 cm³/mol. The minimum Gasteiger partial charge on any atom is -0.256 e. The van der Waals surface area contributed by atoms with Gasteiger partial charge in [-0.05, 0) is 24.3 Å². The molecule has 0 bridgehead atoms. The molecule has 2 rings (SSSR count). The van der Waals surface area contributed by atoms with E-state index in [-0.39, 0.29) is 0 Å². The Hall–Kier alpha value is -0.470. The molecule has 0 saturated heterocycles.